The highest BCUT2D eigenvalue weighted by Crippen LogP contribution is 2.67. The van der Waals surface area contributed by atoms with Crippen LogP contribution in [0.25, 0.3) is 43.8 Å². The molecule has 0 unspecified atom stereocenters. The predicted octanol–water partition coefficient (Wildman–Crippen LogP) is 12.1. The van der Waals surface area contributed by atoms with Crippen LogP contribution in [0, 0.1) is 0 Å². The smallest absolute Gasteiger partial charge is 0.0720 e. The van der Waals surface area contributed by atoms with Crippen molar-refractivity contribution >= 4 is 11.3 Å². The molecule has 0 aliphatic heterocycles. The lowest BCUT2D eigenvalue weighted by Crippen LogP contribution is -2.43. The zero-order valence-electron chi connectivity index (χ0n) is 26.7. The van der Waals surface area contributed by atoms with E-state index in [1.54, 1.807) is 11.3 Å². The van der Waals surface area contributed by atoms with Gasteiger partial charge in [-0.15, -0.1) is 11.3 Å². The van der Waals surface area contributed by atoms with Crippen molar-refractivity contribution in [3.8, 4) is 43.8 Å². The monoisotopic (exact) mass is 638 g/mol. The molecule has 3 aliphatic carbocycles. The summed E-state index contributed by atoms with van der Waals surface area (Å²) >= 11 is 1.79. The van der Waals surface area contributed by atoms with E-state index in [2.05, 4.69) is 181 Å². The van der Waals surface area contributed by atoms with Gasteiger partial charge in [-0.1, -0.05) is 164 Å². The average Bonchev–Trinajstić information content (AvgIpc) is 3.89. The Morgan fingerprint density at radius 2 is 0.673 bits per heavy atom. The molecule has 0 saturated carbocycles. The zero-order valence-corrected chi connectivity index (χ0v) is 27.5. The van der Waals surface area contributed by atoms with Crippen LogP contribution in [0.15, 0.2) is 181 Å². The minimum absolute atomic E-state index is 0.446. The number of hydrogen-bond acceptors (Lipinski definition) is 1. The maximum absolute atomic E-state index is 2.54. The van der Waals surface area contributed by atoms with E-state index >= 15 is 0 Å². The summed E-state index contributed by atoms with van der Waals surface area (Å²) in [5.74, 6) is 0. The van der Waals surface area contributed by atoms with Gasteiger partial charge in [0.2, 0.25) is 0 Å². The first kappa shape index (κ1) is 27.2. The van der Waals surface area contributed by atoms with Crippen LogP contribution in [0.2, 0.25) is 0 Å². The van der Waals surface area contributed by atoms with Crippen molar-refractivity contribution in [2.45, 2.75) is 10.8 Å². The normalized spacial score (nSPS) is 14.9. The summed E-state index contributed by atoms with van der Waals surface area (Å²) in [5, 5.41) is 2.15. The number of hydrogen-bond donors (Lipinski definition) is 0. The number of thiophene rings is 1. The topological polar surface area (TPSA) is 0 Å². The molecule has 228 valence electrons. The maximum atomic E-state index is 2.54. The summed E-state index contributed by atoms with van der Waals surface area (Å²) < 4.78 is 0. The fraction of sp³-hybridized carbons (Fsp3) is 0.0417. The zero-order chi connectivity index (χ0) is 32.2. The van der Waals surface area contributed by atoms with E-state index < -0.39 is 10.8 Å². The summed E-state index contributed by atoms with van der Waals surface area (Å²) in [7, 11) is 0. The van der Waals surface area contributed by atoms with Crippen molar-refractivity contribution < 1.29 is 0 Å². The molecule has 1 heterocycles. The third-order valence-corrected chi connectivity index (χ3v) is 12.4. The van der Waals surface area contributed by atoms with Gasteiger partial charge in [-0.25, -0.2) is 0 Å². The Labute approximate surface area is 290 Å². The Bertz CT molecular complexity index is 2510. The van der Waals surface area contributed by atoms with Gasteiger partial charge in [0.05, 0.1) is 10.8 Å². The predicted molar refractivity (Wildman–Crippen MR) is 203 cm³/mol. The van der Waals surface area contributed by atoms with E-state index in [-0.39, 0.29) is 0 Å². The van der Waals surface area contributed by atoms with Crippen LogP contribution in [0.5, 0.6) is 0 Å². The molecule has 7 aromatic carbocycles. The molecule has 2 spiro atoms. The molecule has 0 nitrogen and oxygen atoms in total. The van der Waals surface area contributed by atoms with Crippen LogP contribution < -0.4 is 0 Å². The molecule has 11 rings (SSSR count). The number of benzene rings is 7. The molecule has 3 aliphatic rings. The van der Waals surface area contributed by atoms with Crippen LogP contribution in [0.3, 0.4) is 0 Å². The first-order chi connectivity index (χ1) is 24.3. The van der Waals surface area contributed by atoms with E-state index in [9.17, 15) is 0 Å². The highest BCUT2D eigenvalue weighted by Gasteiger charge is 2.58. The molecule has 1 aromatic heterocycles. The Kier molecular flexibility index (Phi) is 5.49. The summed E-state index contributed by atoms with van der Waals surface area (Å²) in [4.78, 5) is 1.30. The van der Waals surface area contributed by atoms with Gasteiger partial charge in [-0.05, 0) is 101 Å². The fourth-order valence-electron chi connectivity index (χ4n) is 9.69. The second-order valence-corrected chi connectivity index (χ2v) is 14.5. The van der Waals surface area contributed by atoms with Crippen molar-refractivity contribution in [1.29, 1.82) is 0 Å². The average molecular weight is 639 g/mol. The first-order valence-electron chi connectivity index (χ1n) is 17.1. The minimum Gasteiger partial charge on any atom is -0.144 e. The summed E-state index contributed by atoms with van der Waals surface area (Å²) in [6, 6.07) is 66.7. The Morgan fingerprint density at radius 1 is 0.286 bits per heavy atom. The van der Waals surface area contributed by atoms with E-state index in [1.165, 1.54) is 88.3 Å². The van der Waals surface area contributed by atoms with Gasteiger partial charge < -0.3 is 0 Å². The molecular weight excluding hydrogens is 609 g/mol. The molecule has 0 fully saturated rings. The Morgan fingerprint density at radius 3 is 1.14 bits per heavy atom. The third-order valence-electron chi connectivity index (χ3n) is 11.5. The fourth-order valence-corrected chi connectivity index (χ4v) is 10.4. The van der Waals surface area contributed by atoms with Gasteiger partial charge in [-0.2, -0.15) is 0 Å². The minimum atomic E-state index is -0.468. The molecule has 0 radical (unpaired) electrons. The number of fused-ring (bicyclic) bond motifs is 16. The van der Waals surface area contributed by atoms with Gasteiger partial charge in [0.25, 0.3) is 0 Å². The summed E-state index contributed by atoms with van der Waals surface area (Å²) in [6.07, 6.45) is 0. The van der Waals surface area contributed by atoms with E-state index in [0.717, 1.165) is 0 Å². The maximum Gasteiger partial charge on any atom is 0.0720 e. The second kappa shape index (κ2) is 9.89. The second-order valence-electron chi connectivity index (χ2n) is 13.5. The number of rotatable bonds is 2. The highest BCUT2D eigenvalue weighted by molar-refractivity contribution is 7.13. The van der Waals surface area contributed by atoms with Crippen molar-refractivity contribution in [1.82, 2.24) is 0 Å². The van der Waals surface area contributed by atoms with E-state index in [1.807, 2.05) is 0 Å². The lowest BCUT2D eigenvalue weighted by atomic mass is 9.52. The van der Waals surface area contributed by atoms with Crippen molar-refractivity contribution in [3.63, 3.8) is 0 Å². The molecule has 0 N–H and O–H groups in total. The van der Waals surface area contributed by atoms with Crippen LogP contribution in [0.4, 0.5) is 0 Å². The highest BCUT2D eigenvalue weighted by atomic mass is 32.1. The summed E-state index contributed by atoms with van der Waals surface area (Å²) in [6.45, 7) is 0. The molecule has 49 heavy (non-hydrogen) atoms. The Hall–Kier alpha value is -5.76. The van der Waals surface area contributed by atoms with E-state index in [4.69, 9.17) is 0 Å². The molecular formula is C48H30S. The van der Waals surface area contributed by atoms with Gasteiger partial charge >= 0.3 is 0 Å². The molecule has 1 heteroatoms. The SMILES string of the molecule is c1csc(-c2ccc(-c3ccc4c(c3)C3(c5ccccc5-c5ccccc53)c3ccccc3C43c4ccccc4-c4ccccc43)cc2)c1. The van der Waals surface area contributed by atoms with Crippen molar-refractivity contribution in [2.24, 2.45) is 0 Å². The van der Waals surface area contributed by atoms with Gasteiger partial charge in [0, 0.05) is 4.88 Å². The van der Waals surface area contributed by atoms with Crippen molar-refractivity contribution in [3.05, 3.63) is 226 Å². The van der Waals surface area contributed by atoms with Crippen LogP contribution in [-0.2, 0) is 10.8 Å². The third kappa shape index (κ3) is 3.33. The van der Waals surface area contributed by atoms with Crippen LogP contribution in [-0.4, -0.2) is 0 Å². The van der Waals surface area contributed by atoms with Crippen LogP contribution in [0.1, 0.15) is 44.5 Å². The lowest BCUT2D eigenvalue weighted by molar-refractivity contribution is 0.633. The molecule has 0 saturated heterocycles. The quantitative estimate of drug-likeness (QED) is 0.177. The standard InChI is InChI=1S/C48H30S/c1-5-16-38-34(12-1)35-13-2-6-17-39(35)47(38)42-20-9-10-21-43(42)48(40-18-7-3-14-36(40)37-15-4-8-19-41(37)48)45-30-33(27-28-44(45)47)31-23-25-32(26-24-31)46-22-11-29-49-46/h1-30H. The Balaban J connectivity index is 1.29. The van der Waals surface area contributed by atoms with Gasteiger partial charge in [-0.3, -0.25) is 0 Å². The van der Waals surface area contributed by atoms with Crippen LogP contribution >= 0.6 is 11.3 Å². The van der Waals surface area contributed by atoms with Gasteiger partial charge in [0.1, 0.15) is 0 Å². The first-order valence-corrected chi connectivity index (χ1v) is 18.0. The van der Waals surface area contributed by atoms with Crippen molar-refractivity contribution in [2.75, 3.05) is 0 Å². The van der Waals surface area contributed by atoms with E-state index in [0.29, 0.717) is 0 Å². The molecule has 0 amide bonds. The molecule has 0 atom stereocenters. The molecule has 8 aromatic rings. The molecule has 0 bridgehead atoms. The lowest BCUT2D eigenvalue weighted by Gasteiger charge is -2.49. The van der Waals surface area contributed by atoms with Gasteiger partial charge in [0.15, 0.2) is 0 Å². The largest absolute Gasteiger partial charge is 0.144 e. The summed E-state index contributed by atoms with van der Waals surface area (Å²) in [5.41, 5.74) is 19.1.